The Labute approximate surface area is 114 Å². The van der Waals surface area contributed by atoms with Gasteiger partial charge in [-0.1, -0.05) is 0 Å². The van der Waals surface area contributed by atoms with Gasteiger partial charge in [0, 0.05) is 26.7 Å². The van der Waals surface area contributed by atoms with E-state index >= 15 is 0 Å². The lowest BCUT2D eigenvalue weighted by atomic mass is 10.0. The van der Waals surface area contributed by atoms with Crippen LogP contribution < -0.4 is 5.32 Å². The molecule has 0 radical (unpaired) electrons. The average molecular weight is 268 g/mol. The van der Waals surface area contributed by atoms with Gasteiger partial charge < -0.3 is 19.2 Å². The van der Waals surface area contributed by atoms with E-state index in [-0.39, 0.29) is 5.60 Å². The Morgan fingerprint density at radius 2 is 2.37 bits per heavy atom. The first-order valence-corrected chi connectivity index (χ1v) is 7.03. The summed E-state index contributed by atoms with van der Waals surface area (Å²) in [7, 11) is 1.71. The summed E-state index contributed by atoms with van der Waals surface area (Å²) in [6, 6.07) is 0. The molecule has 1 fully saturated rings. The zero-order chi connectivity index (χ0) is 13.6. The lowest BCUT2D eigenvalue weighted by Crippen LogP contribution is -2.20. The molecule has 1 unspecified atom stereocenters. The number of nitrogens with zero attached hydrogens (tertiary/aromatic N) is 1. The van der Waals surface area contributed by atoms with Crippen LogP contribution in [-0.4, -0.2) is 38.4 Å². The second-order valence-electron chi connectivity index (χ2n) is 5.15. The quantitative estimate of drug-likeness (QED) is 0.729. The van der Waals surface area contributed by atoms with Crippen molar-refractivity contribution in [3.8, 4) is 0 Å². The molecule has 1 aromatic rings. The van der Waals surface area contributed by atoms with Crippen LogP contribution in [0.3, 0.4) is 0 Å². The highest BCUT2D eigenvalue weighted by Gasteiger charge is 2.35. The van der Waals surface area contributed by atoms with Gasteiger partial charge in [-0.3, -0.25) is 0 Å². The van der Waals surface area contributed by atoms with E-state index in [0.717, 1.165) is 63.6 Å². The number of aromatic nitrogens is 1. The van der Waals surface area contributed by atoms with Crippen molar-refractivity contribution in [2.75, 3.05) is 33.4 Å². The number of ether oxygens (including phenoxy) is 2. The molecule has 2 rings (SSSR count). The minimum atomic E-state index is -0.262. The summed E-state index contributed by atoms with van der Waals surface area (Å²) in [5.74, 6) is 1.67. The monoisotopic (exact) mass is 268 g/mol. The number of methoxy groups -OCH3 is 1. The van der Waals surface area contributed by atoms with Crippen molar-refractivity contribution in [2.24, 2.45) is 0 Å². The van der Waals surface area contributed by atoms with Gasteiger partial charge in [0.05, 0.1) is 12.8 Å². The highest BCUT2D eigenvalue weighted by molar-refractivity contribution is 5.07. The Hall–Kier alpha value is -0.910. The van der Waals surface area contributed by atoms with Gasteiger partial charge in [0.15, 0.2) is 11.7 Å². The molecule has 19 heavy (non-hydrogen) atoms. The topological polar surface area (TPSA) is 56.5 Å². The van der Waals surface area contributed by atoms with Gasteiger partial charge in [-0.25, -0.2) is 4.98 Å². The molecule has 1 aliphatic heterocycles. The summed E-state index contributed by atoms with van der Waals surface area (Å²) in [5, 5.41) is 3.31. The molecule has 1 saturated heterocycles. The fraction of sp³-hybridized carbons (Fsp3) is 0.786. The normalized spacial score (nSPS) is 23.1. The number of nitrogens with one attached hydrogen (secondary N) is 1. The van der Waals surface area contributed by atoms with E-state index in [0.29, 0.717) is 0 Å². The SMILES string of the molecule is COCCNCCCc1ncc(C2(C)CCCO2)o1. The number of hydrogen-bond donors (Lipinski definition) is 1. The smallest absolute Gasteiger partial charge is 0.194 e. The second kappa shape index (κ2) is 7.03. The molecular formula is C14H24N2O3. The van der Waals surface area contributed by atoms with Crippen molar-refractivity contribution in [3.05, 3.63) is 17.8 Å². The highest BCUT2D eigenvalue weighted by Crippen LogP contribution is 2.35. The Balaban J connectivity index is 1.72. The van der Waals surface area contributed by atoms with Crippen LogP contribution in [0.2, 0.25) is 0 Å². The molecule has 1 N–H and O–H groups in total. The first kappa shape index (κ1) is 14.5. The average Bonchev–Trinajstić information content (AvgIpc) is 3.03. The van der Waals surface area contributed by atoms with E-state index in [2.05, 4.69) is 17.2 Å². The fourth-order valence-corrected chi connectivity index (χ4v) is 2.31. The summed E-state index contributed by atoms with van der Waals surface area (Å²) in [6.45, 7) is 5.49. The minimum absolute atomic E-state index is 0.262. The molecule has 5 heteroatoms. The van der Waals surface area contributed by atoms with Crippen LogP contribution in [0.1, 0.15) is 37.8 Å². The summed E-state index contributed by atoms with van der Waals surface area (Å²) in [5.41, 5.74) is -0.262. The van der Waals surface area contributed by atoms with Crippen LogP contribution >= 0.6 is 0 Å². The molecule has 0 aromatic carbocycles. The predicted octanol–water partition coefficient (Wildman–Crippen LogP) is 1.87. The van der Waals surface area contributed by atoms with E-state index in [1.165, 1.54) is 0 Å². The van der Waals surface area contributed by atoms with Gasteiger partial charge in [-0.2, -0.15) is 0 Å². The second-order valence-corrected chi connectivity index (χ2v) is 5.15. The number of hydrogen-bond acceptors (Lipinski definition) is 5. The van der Waals surface area contributed by atoms with Crippen molar-refractivity contribution in [3.63, 3.8) is 0 Å². The molecule has 0 amide bonds. The van der Waals surface area contributed by atoms with Gasteiger partial charge in [0.2, 0.25) is 0 Å². The lowest BCUT2D eigenvalue weighted by Gasteiger charge is -2.19. The molecular weight excluding hydrogens is 244 g/mol. The first-order chi connectivity index (χ1) is 9.24. The zero-order valence-electron chi connectivity index (χ0n) is 11.9. The van der Waals surface area contributed by atoms with E-state index < -0.39 is 0 Å². The summed E-state index contributed by atoms with van der Waals surface area (Å²) < 4.78 is 16.5. The maximum absolute atomic E-state index is 5.81. The predicted molar refractivity (Wildman–Crippen MR) is 72.1 cm³/mol. The Morgan fingerprint density at radius 3 is 3.11 bits per heavy atom. The third-order valence-corrected chi connectivity index (χ3v) is 3.52. The van der Waals surface area contributed by atoms with Gasteiger partial charge in [-0.15, -0.1) is 0 Å². The first-order valence-electron chi connectivity index (χ1n) is 7.03. The number of rotatable bonds is 8. The van der Waals surface area contributed by atoms with Crippen molar-refractivity contribution in [1.29, 1.82) is 0 Å². The van der Waals surface area contributed by atoms with Crippen LogP contribution in [0.15, 0.2) is 10.6 Å². The Bertz CT molecular complexity index is 373. The molecule has 1 aliphatic rings. The van der Waals surface area contributed by atoms with E-state index in [1.807, 2.05) is 6.20 Å². The maximum Gasteiger partial charge on any atom is 0.194 e. The van der Waals surface area contributed by atoms with Gasteiger partial charge >= 0.3 is 0 Å². The molecule has 1 aromatic heterocycles. The van der Waals surface area contributed by atoms with Crippen LogP contribution in [0.25, 0.3) is 0 Å². The van der Waals surface area contributed by atoms with Crippen LogP contribution in [0.5, 0.6) is 0 Å². The van der Waals surface area contributed by atoms with Gasteiger partial charge in [0.25, 0.3) is 0 Å². The summed E-state index contributed by atoms with van der Waals surface area (Å²) in [6.07, 6.45) is 5.80. The largest absolute Gasteiger partial charge is 0.443 e. The standard InChI is InChI=1S/C14H24N2O3/c1-14(6-4-9-18-14)12-11-16-13(19-12)5-3-7-15-8-10-17-2/h11,15H,3-10H2,1-2H3. The summed E-state index contributed by atoms with van der Waals surface area (Å²) >= 11 is 0. The highest BCUT2D eigenvalue weighted by atomic mass is 16.5. The summed E-state index contributed by atoms with van der Waals surface area (Å²) in [4.78, 5) is 4.34. The Kier molecular flexibility index (Phi) is 5.36. The van der Waals surface area contributed by atoms with E-state index in [9.17, 15) is 0 Å². The maximum atomic E-state index is 5.81. The van der Waals surface area contributed by atoms with E-state index in [1.54, 1.807) is 7.11 Å². The van der Waals surface area contributed by atoms with Crippen molar-refractivity contribution in [1.82, 2.24) is 10.3 Å². The molecule has 0 spiro atoms. The zero-order valence-corrected chi connectivity index (χ0v) is 11.9. The van der Waals surface area contributed by atoms with Crippen molar-refractivity contribution in [2.45, 2.75) is 38.2 Å². The van der Waals surface area contributed by atoms with Gasteiger partial charge in [-0.05, 0) is 32.7 Å². The van der Waals surface area contributed by atoms with Crippen LogP contribution in [0.4, 0.5) is 0 Å². The van der Waals surface area contributed by atoms with Crippen molar-refractivity contribution < 1.29 is 13.9 Å². The third-order valence-electron chi connectivity index (χ3n) is 3.52. The van der Waals surface area contributed by atoms with Crippen molar-refractivity contribution >= 4 is 0 Å². The molecule has 2 heterocycles. The molecule has 0 aliphatic carbocycles. The minimum Gasteiger partial charge on any atom is -0.443 e. The number of aryl methyl sites for hydroxylation is 1. The van der Waals surface area contributed by atoms with Crippen LogP contribution in [0, 0.1) is 0 Å². The van der Waals surface area contributed by atoms with E-state index in [4.69, 9.17) is 13.9 Å². The lowest BCUT2D eigenvalue weighted by molar-refractivity contribution is -0.00165. The molecule has 0 bridgehead atoms. The Morgan fingerprint density at radius 1 is 1.47 bits per heavy atom. The molecule has 5 nitrogen and oxygen atoms in total. The fourth-order valence-electron chi connectivity index (χ4n) is 2.31. The molecule has 1 atom stereocenters. The number of oxazole rings is 1. The molecule has 0 saturated carbocycles. The van der Waals surface area contributed by atoms with Gasteiger partial charge in [0.1, 0.15) is 5.60 Å². The third kappa shape index (κ3) is 4.03. The molecule has 108 valence electrons. The van der Waals surface area contributed by atoms with Crippen LogP contribution in [-0.2, 0) is 21.5 Å².